The number of aromatic carboxylic acids is 1. The van der Waals surface area contributed by atoms with Crippen LogP contribution in [0.1, 0.15) is 83.8 Å². The summed E-state index contributed by atoms with van der Waals surface area (Å²) in [7, 11) is 0. The molecule has 0 spiro atoms. The van der Waals surface area contributed by atoms with Gasteiger partial charge in [-0.1, -0.05) is 46.4 Å². The second kappa shape index (κ2) is 6.94. The quantitative estimate of drug-likeness (QED) is 0.621. The third kappa shape index (κ3) is 3.89. The minimum absolute atomic E-state index is 0.192. The number of carbonyl (C=O) groups is 1. The molecular formula is C24H30O2S. The van der Waals surface area contributed by atoms with Crippen LogP contribution in [0.3, 0.4) is 0 Å². The van der Waals surface area contributed by atoms with Crippen LogP contribution in [0, 0.1) is 6.92 Å². The molecule has 1 N–H and O–H groups in total. The second-order valence-corrected chi connectivity index (χ2v) is 10.3. The van der Waals surface area contributed by atoms with Crippen LogP contribution in [-0.4, -0.2) is 11.1 Å². The van der Waals surface area contributed by atoms with Crippen molar-refractivity contribution in [1.29, 1.82) is 0 Å². The predicted octanol–water partition coefficient (Wildman–Crippen LogP) is 6.75. The molecule has 0 radical (unpaired) electrons. The smallest absolute Gasteiger partial charge is 0.345 e. The van der Waals surface area contributed by atoms with Gasteiger partial charge < -0.3 is 5.11 Å². The number of carboxylic acid groups (broad SMARTS) is 1. The molecule has 0 atom stereocenters. The lowest BCUT2D eigenvalue weighted by molar-refractivity contribution is 0.0702. The molecular weight excluding hydrogens is 352 g/mol. The van der Waals surface area contributed by atoms with E-state index in [-0.39, 0.29) is 10.8 Å². The number of aryl methyl sites for hydroxylation is 2. The molecule has 2 nitrogen and oxygen atoms in total. The fourth-order valence-corrected chi connectivity index (χ4v) is 4.99. The van der Waals surface area contributed by atoms with Gasteiger partial charge in [0.2, 0.25) is 0 Å². The first-order chi connectivity index (χ1) is 12.5. The lowest BCUT2D eigenvalue weighted by Crippen LogP contribution is -2.34. The van der Waals surface area contributed by atoms with Gasteiger partial charge in [0.25, 0.3) is 0 Å². The Bertz CT molecular complexity index is 899. The molecule has 27 heavy (non-hydrogen) atoms. The highest BCUT2D eigenvalue weighted by molar-refractivity contribution is 7.13. The summed E-state index contributed by atoms with van der Waals surface area (Å²) in [6.07, 6.45) is 4.11. The van der Waals surface area contributed by atoms with Gasteiger partial charge in [-0.2, -0.15) is 0 Å². The minimum atomic E-state index is -0.847. The van der Waals surface area contributed by atoms with Crippen molar-refractivity contribution in [3.8, 4) is 0 Å². The first kappa shape index (κ1) is 19.9. The number of thiophene rings is 1. The molecule has 0 unspecified atom stereocenters. The molecule has 0 amide bonds. The molecule has 0 saturated carbocycles. The van der Waals surface area contributed by atoms with E-state index in [0.29, 0.717) is 4.88 Å². The standard InChI is InChI=1S/C24H30O2S/c1-15(7-8-17-9-10-21(27-17)22(25)26)18-14-20-19(13-16(18)2)23(3,4)11-12-24(20,5)6/h9-10,13-14H,1,7-8,11-12H2,2-6H3,(H,25,26). The summed E-state index contributed by atoms with van der Waals surface area (Å²) in [6, 6.07) is 8.38. The van der Waals surface area contributed by atoms with Crippen LogP contribution in [0.15, 0.2) is 30.8 Å². The molecule has 1 aliphatic carbocycles. The van der Waals surface area contributed by atoms with Crippen molar-refractivity contribution in [2.24, 2.45) is 0 Å². The van der Waals surface area contributed by atoms with Gasteiger partial charge in [-0.3, -0.25) is 0 Å². The van der Waals surface area contributed by atoms with Crippen molar-refractivity contribution in [1.82, 2.24) is 0 Å². The summed E-state index contributed by atoms with van der Waals surface area (Å²) in [5, 5.41) is 9.09. The Morgan fingerprint density at radius 2 is 1.70 bits per heavy atom. The number of carboxylic acids is 1. The van der Waals surface area contributed by atoms with E-state index in [2.05, 4.69) is 53.3 Å². The van der Waals surface area contributed by atoms with Crippen molar-refractivity contribution < 1.29 is 9.90 Å². The monoisotopic (exact) mass is 382 g/mol. The molecule has 2 aromatic rings. The van der Waals surface area contributed by atoms with Crippen molar-refractivity contribution in [3.63, 3.8) is 0 Å². The maximum Gasteiger partial charge on any atom is 0.345 e. The first-order valence-electron chi connectivity index (χ1n) is 9.67. The Labute approximate surface area is 166 Å². The molecule has 3 rings (SSSR count). The topological polar surface area (TPSA) is 37.3 Å². The zero-order valence-electron chi connectivity index (χ0n) is 17.1. The van der Waals surface area contributed by atoms with Crippen LogP contribution < -0.4 is 0 Å². The molecule has 3 heteroatoms. The molecule has 0 fully saturated rings. The van der Waals surface area contributed by atoms with E-state index >= 15 is 0 Å². The predicted molar refractivity (Wildman–Crippen MR) is 115 cm³/mol. The van der Waals surface area contributed by atoms with Crippen molar-refractivity contribution >= 4 is 22.9 Å². The summed E-state index contributed by atoms with van der Waals surface area (Å²) in [4.78, 5) is 12.6. The highest BCUT2D eigenvalue weighted by atomic mass is 32.1. The number of fused-ring (bicyclic) bond motifs is 1. The number of rotatable bonds is 5. The van der Waals surface area contributed by atoms with Crippen LogP contribution in [0.4, 0.5) is 0 Å². The van der Waals surface area contributed by atoms with Gasteiger partial charge in [0.05, 0.1) is 0 Å². The summed E-state index contributed by atoms with van der Waals surface area (Å²) in [6.45, 7) is 16.0. The van der Waals surface area contributed by atoms with Crippen LogP contribution in [0.5, 0.6) is 0 Å². The molecule has 1 aliphatic rings. The lowest BCUT2D eigenvalue weighted by Gasteiger charge is -2.42. The van der Waals surface area contributed by atoms with Crippen LogP contribution in [0.25, 0.3) is 5.57 Å². The van der Waals surface area contributed by atoms with Gasteiger partial charge in [-0.05, 0) is 83.4 Å². The maximum atomic E-state index is 11.1. The van der Waals surface area contributed by atoms with Gasteiger partial charge >= 0.3 is 5.97 Å². The third-order valence-electron chi connectivity index (χ3n) is 6.12. The molecule has 1 aromatic carbocycles. The largest absolute Gasteiger partial charge is 0.477 e. The van der Waals surface area contributed by atoms with E-state index in [4.69, 9.17) is 5.11 Å². The van der Waals surface area contributed by atoms with Crippen LogP contribution in [0.2, 0.25) is 0 Å². The van der Waals surface area contributed by atoms with Crippen molar-refractivity contribution in [2.45, 2.75) is 71.1 Å². The highest BCUT2D eigenvalue weighted by Crippen LogP contribution is 2.47. The number of hydrogen-bond acceptors (Lipinski definition) is 2. The van der Waals surface area contributed by atoms with Gasteiger partial charge in [-0.25, -0.2) is 4.79 Å². The Morgan fingerprint density at radius 3 is 2.26 bits per heavy atom. The van der Waals surface area contributed by atoms with Gasteiger partial charge in [-0.15, -0.1) is 11.3 Å². The van der Waals surface area contributed by atoms with E-state index in [1.807, 2.05) is 6.07 Å². The Morgan fingerprint density at radius 1 is 1.11 bits per heavy atom. The van der Waals surface area contributed by atoms with Crippen LogP contribution in [-0.2, 0) is 17.3 Å². The van der Waals surface area contributed by atoms with Gasteiger partial charge in [0.1, 0.15) is 4.88 Å². The molecule has 0 aliphatic heterocycles. The zero-order valence-corrected chi connectivity index (χ0v) is 17.9. The molecule has 0 saturated heterocycles. The average Bonchev–Trinajstić information content (AvgIpc) is 3.06. The number of hydrogen-bond donors (Lipinski definition) is 1. The second-order valence-electron chi connectivity index (χ2n) is 9.16. The Kier molecular flexibility index (Phi) is 5.11. The SMILES string of the molecule is C=C(CCc1ccc(C(=O)O)s1)c1cc2c(cc1C)C(C)(C)CCC2(C)C. The number of benzene rings is 1. The van der Waals surface area contributed by atoms with Gasteiger partial charge in [0.15, 0.2) is 0 Å². The Balaban J connectivity index is 1.86. The maximum absolute atomic E-state index is 11.1. The Hall–Kier alpha value is -1.87. The third-order valence-corrected chi connectivity index (χ3v) is 7.26. The zero-order chi connectivity index (χ0) is 20.0. The lowest BCUT2D eigenvalue weighted by atomic mass is 9.62. The fraction of sp³-hybridized carbons (Fsp3) is 0.458. The van der Waals surface area contributed by atoms with Gasteiger partial charge in [0, 0.05) is 4.88 Å². The molecule has 144 valence electrons. The van der Waals surface area contributed by atoms with E-state index in [9.17, 15) is 4.79 Å². The summed E-state index contributed by atoms with van der Waals surface area (Å²) in [5.41, 5.74) is 7.05. The number of allylic oxidation sites excluding steroid dienone is 1. The van der Waals surface area contributed by atoms with E-state index < -0.39 is 5.97 Å². The van der Waals surface area contributed by atoms with Crippen LogP contribution >= 0.6 is 11.3 Å². The van der Waals surface area contributed by atoms with Crippen molar-refractivity contribution in [2.75, 3.05) is 0 Å². The summed E-state index contributed by atoms with van der Waals surface area (Å²) < 4.78 is 0. The fourth-order valence-electron chi connectivity index (χ4n) is 4.14. The first-order valence-corrected chi connectivity index (χ1v) is 10.5. The summed E-state index contributed by atoms with van der Waals surface area (Å²) in [5.74, 6) is -0.847. The molecule has 0 bridgehead atoms. The van der Waals surface area contributed by atoms with E-state index in [0.717, 1.165) is 23.3 Å². The highest BCUT2D eigenvalue weighted by Gasteiger charge is 2.37. The minimum Gasteiger partial charge on any atom is -0.477 e. The van der Waals surface area contributed by atoms with Crippen molar-refractivity contribution in [3.05, 3.63) is 62.9 Å². The molecule has 1 heterocycles. The van der Waals surface area contributed by atoms with E-state index in [1.165, 1.54) is 46.4 Å². The normalized spacial score (nSPS) is 17.4. The average molecular weight is 383 g/mol. The van der Waals surface area contributed by atoms with E-state index in [1.54, 1.807) is 6.07 Å². The summed E-state index contributed by atoms with van der Waals surface area (Å²) >= 11 is 1.36. The molecule has 1 aromatic heterocycles.